The van der Waals surface area contributed by atoms with Gasteiger partial charge in [-0.05, 0) is 13.8 Å². The molecule has 0 unspecified atom stereocenters. The first-order valence-electron chi connectivity index (χ1n) is 3.82. The molecule has 3 nitrogen and oxygen atoms in total. The average molecular weight is 155 g/mol. The quantitative estimate of drug-likeness (QED) is 0.619. The van der Waals surface area contributed by atoms with Gasteiger partial charge in [0.05, 0.1) is 12.8 Å². The van der Waals surface area contributed by atoms with E-state index in [1.54, 1.807) is 6.20 Å². The van der Waals surface area contributed by atoms with Gasteiger partial charge in [-0.15, -0.1) is 0 Å². The fourth-order valence-corrected chi connectivity index (χ4v) is 0.821. The molecule has 0 saturated carbocycles. The number of hydrogen-bond donors (Lipinski definition) is 0. The lowest BCUT2D eigenvalue weighted by molar-refractivity contribution is 0.145. The van der Waals surface area contributed by atoms with E-state index in [9.17, 15) is 0 Å². The maximum absolute atomic E-state index is 5.24. The highest BCUT2D eigenvalue weighted by Crippen LogP contribution is 2.01. The second-order valence-corrected chi connectivity index (χ2v) is 2.31. The number of hydrogen-bond acceptors (Lipinski definition) is 3. The zero-order valence-electron chi connectivity index (χ0n) is 6.96. The third-order valence-corrected chi connectivity index (χ3v) is 1.33. The third kappa shape index (κ3) is 2.72. The Hall–Kier alpha value is -0.830. The molecule has 62 valence electrons. The molecule has 0 aliphatic heterocycles. The van der Waals surface area contributed by atoms with Crippen LogP contribution in [0.25, 0.3) is 0 Å². The summed E-state index contributed by atoms with van der Waals surface area (Å²) in [5.74, 6) is 1.62. The SMILES string of the molecule is CCOCCc1ncc(C)o1. The van der Waals surface area contributed by atoms with Crippen molar-refractivity contribution in [2.24, 2.45) is 0 Å². The average Bonchev–Trinajstić information content (AvgIpc) is 2.37. The molecule has 0 spiro atoms. The Morgan fingerprint density at radius 2 is 2.45 bits per heavy atom. The van der Waals surface area contributed by atoms with Gasteiger partial charge in [0.15, 0.2) is 5.89 Å². The van der Waals surface area contributed by atoms with E-state index in [4.69, 9.17) is 9.15 Å². The maximum atomic E-state index is 5.24. The fraction of sp³-hybridized carbons (Fsp3) is 0.625. The van der Waals surface area contributed by atoms with Crippen molar-refractivity contribution >= 4 is 0 Å². The van der Waals surface area contributed by atoms with Gasteiger partial charge in [0.25, 0.3) is 0 Å². The Balaban J connectivity index is 2.27. The van der Waals surface area contributed by atoms with Crippen molar-refractivity contribution in [2.45, 2.75) is 20.3 Å². The van der Waals surface area contributed by atoms with Crippen molar-refractivity contribution in [2.75, 3.05) is 13.2 Å². The van der Waals surface area contributed by atoms with Crippen molar-refractivity contribution in [3.63, 3.8) is 0 Å². The summed E-state index contributed by atoms with van der Waals surface area (Å²) in [6.07, 6.45) is 2.49. The number of rotatable bonds is 4. The predicted octanol–water partition coefficient (Wildman–Crippen LogP) is 1.56. The van der Waals surface area contributed by atoms with Gasteiger partial charge in [-0.2, -0.15) is 0 Å². The molecule has 3 heteroatoms. The number of aryl methyl sites for hydroxylation is 1. The molecule has 0 radical (unpaired) electrons. The van der Waals surface area contributed by atoms with Gasteiger partial charge in [0, 0.05) is 13.0 Å². The van der Waals surface area contributed by atoms with Crippen LogP contribution >= 0.6 is 0 Å². The van der Waals surface area contributed by atoms with Crippen LogP contribution in [-0.2, 0) is 11.2 Å². The number of ether oxygens (including phenoxy) is 1. The minimum Gasteiger partial charge on any atom is -0.446 e. The van der Waals surface area contributed by atoms with Crippen LogP contribution in [0, 0.1) is 6.92 Å². The molecule has 1 rings (SSSR count). The topological polar surface area (TPSA) is 35.3 Å². The van der Waals surface area contributed by atoms with Crippen LogP contribution in [0.3, 0.4) is 0 Å². The number of aromatic nitrogens is 1. The van der Waals surface area contributed by atoms with Gasteiger partial charge in [0.1, 0.15) is 5.76 Å². The maximum Gasteiger partial charge on any atom is 0.196 e. The van der Waals surface area contributed by atoms with E-state index in [0.717, 1.165) is 24.7 Å². The van der Waals surface area contributed by atoms with Crippen LogP contribution in [0.4, 0.5) is 0 Å². The van der Waals surface area contributed by atoms with Gasteiger partial charge in [-0.3, -0.25) is 0 Å². The van der Waals surface area contributed by atoms with Gasteiger partial charge in [-0.1, -0.05) is 0 Å². The molecular weight excluding hydrogens is 142 g/mol. The summed E-state index contributed by atoms with van der Waals surface area (Å²) in [5, 5.41) is 0. The normalized spacial score (nSPS) is 10.4. The second kappa shape index (κ2) is 4.13. The van der Waals surface area contributed by atoms with E-state index in [1.165, 1.54) is 0 Å². The Kier molecular flexibility index (Phi) is 3.11. The molecule has 0 fully saturated rings. The van der Waals surface area contributed by atoms with E-state index in [0.29, 0.717) is 6.61 Å². The minimum absolute atomic E-state index is 0.691. The Morgan fingerprint density at radius 3 is 3.00 bits per heavy atom. The van der Waals surface area contributed by atoms with Crippen molar-refractivity contribution in [1.82, 2.24) is 4.98 Å². The Bertz CT molecular complexity index is 208. The van der Waals surface area contributed by atoms with Gasteiger partial charge >= 0.3 is 0 Å². The molecule has 1 aromatic heterocycles. The van der Waals surface area contributed by atoms with Crippen LogP contribution in [0.15, 0.2) is 10.6 Å². The molecule has 0 saturated heterocycles. The highest BCUT2D eigenvalue weighted by atomic mass is 16.5. The highest BCUT2D eigenvalue weighted by Gasteiger charge is 1.98. The molecule has 0 aliphatic carbocycles. The summed E-state index contributed by atoms with van der Waals surface area (Å²) < 4.78 is 10.4. The van der Waals surface area contributed by atoms with Crippen LogP contribution in [0.1, 0.15) is 18.6 Å². The summed E-state index contributed by atoms with van der Waals surface area (Å²) >= 11 is 0. The molecule has 1 aromatic rings. The van der Waals surface area contributed by atoms with Crippen molar-refractivity contribution < 1.29 is 9.15 Å². The summed E-state index contributed by atoms with van der Waals surface area (Å²) in [6, 6.07) is 0. The largest absolute Gasteiger partial charge is 0.446 e. The van der Waals surface area contributed by atoms with Crippen LogP contribution in [-0.4, -0.2) is 18.2 Å². The first-order chi connectivity index (χ1) is 5.33. The van der Waals surface area contributed by atoms with E-state index < -0.39 is 0 Å². The number of nitrogens with zero attached hydrogens (tertiary/aromatic N) is 1. The van der Waals surface area contributed by atoms with Crippen LogP contribution < -0.4 is 0 Å². The standard InChI is InChI=1S/C8H13NO2/c1-3-10-5-4-8-9-6-7(2)11-8/h6H,3-5H2,1-2H3. The van der Waals surface area contributed by atoms with E-state index >= 15 is 0 Å². The van der Waals surface area contributed by atoms with Gasteiger partial charge in [-0.25, -0.2) is 4.98 Å². The highest BCUT2D eigenvalue weighted by molar-refractivity contribution is 4.90. The summed E-state index contributed by atoms with van der Waals surface area (Å²) in [4.78, 5) is 4.04. The second-order valence-electron chi connectivity index (χ2n) is 2.31. The van der Waals surface area contributed by atoms with Crippen LogP contribution in [0.2, 0.25) is 0 Å². The summed E-state index contributed by atoms with van der Waals surface area (Å²) in [5.41, 5.74) is 0. The fourth-order valence-electron chi connectivity index (χ4n) is 0.821. The number of oxazole rings is 1. The molecule has 1 heterocycles. The van der Waals surface area contributed by atoms with Crippen molar-refractivity contribution in [3.8, 4) is 0 Å². The lowest BCUT2D eigenvalue weighted by Crippen LogP contribution is -1.97. The van der Waals surface area contributed by atoms with Crippen molar-refractivity contribution in [1.29, 1.82) is 0 Å². The molecule has 0 bridgehead atoms. The Morgan fingerprint density at radius 1 is 1.64 bits per heavy atom. The lowest BCUT2D eigenvalue weighted by Gasteiger charge is -1.95. The van der Waals surface area contributed by atoms with Crippen LogP contribution in [0.5, 0.6) is 0 Å². The molecule has 0 aliphatic rings. The molecule has 0 amide bonds. The molecule has 11 heavy (non-hydrogen) atoms. The van der Waals surface area contributed by atoms with E-state index in [2.05, 4.69) is 4.98 Å². The zero-order valence-corrected chi connectivity index (χ0v) is 6.96. The monoisotopic (exact) mass is 155 g/mol. The Labute approximate surface area is 66.4 Å². The van der Waals surface area contributed by atoms with Gasteiger partial charge in [0.2, 0.25) is 0 Å². The molecule has 0 N–H and O–H groups in total. The van der Waals surface area contributed by atoms with E-state index in [-0.39, 0.29) is 0 Å². The smallest absolute Gasteiger partial charge is 0.196 e. The predicted molar refractivity (Wildman–Crippen MR) is 41.4 cm³/mol. The minimum atomic E-state index is 0.691. The summed E-state index contributed by atoms with van der Waals surface area (Å²) in [7, 11) is 0. The lowest BCUT2D eigenvalue weighted by atomic mass is 10.5. The first kappa shape index (κ1) is 8.27. The van der Waals surface area contributed by atoms with Crippen molar-refractivity contribution in [3.05, 3.63) is 17.8 Å². The van der Waals surface area contributed by atoms with Gasteiger partial charge < -0.3 is 9.15 Å². The van der Waals surface area contributed by atoms with E-state index in [1.807, 2.05) is 13.8 Å². The summed E-state index contributed by atoms with van der Waals surface area (Å²) in [6.45, 7) is 5.30. The third-order valence-electron chi connectivity index (χ3n) is 1.33. The molecular formula is C8H13NO2. The zero-order chi connectivity index (χ0) is 8.10. The first-order valence-corrected chi connectivity index (χ1v) is 3.82. The molecule has 0 atom stereocenters. The molecule has 0 aromatic carbocycles.